The molecule has 5 heteroatoms. The number of hydrogen-bond donors (Lipinski definition) is 1. The van der Waals surface area contributed by atoms with E-state index in [2.05, 4.69) is 110 Å². The number of rotatable bonds is 5. The van der Waals surface area contributed by atoms with Gasteiger partial charge in [0.25, 0.3) is 0 Å². The Bertz CT molecular complexity index is 1100. The fourth-order valence-electron chi connectivity index (χ4n) is 3.53. The summed E-state index contributed by atoms with van der Waals surface area (Å²) in [4.78, 5) is 0. The third-order valence-corrected chi connectivity index (χ3v) is 7.65. The first-order valence-electron chi connectivity index (χ1n) is 10.4. The summed E-state index contributed by atoms with van der Waals surface area (Å²) in [5, 5.41) is 5.41. The van der Waals surface area contributed by atoms with Crippen molar-refractivity contribution in [2.75, 3.05) is 5.75 Å². The molecule has 0 aliphatic rings. The largest absolute Gasteiger partial charge is 0.464 e. The number of furan rings is 1. The zero-order chi connectivity index (χ0) is 21.3. The number of hydrogen-bond acceptors (Lipinski definition) is 2. The Balaban J connectivity index is 0.000000240. The minimum atomic E-state index is -0.446. The maximum absolute atomic E-state index is 5.37. The van der Waals surface area contributed by atoms with Gasteiger partial charge >= 0.3 is 0 Å². The highest BCUT2D eigenvalue weighted by Crippen LogP contribution is 2.32. The predicted octanol–water partition coefficient (Wildman–Crippen LogP) is 7.51. The van der Waals surface area contributed by atoms with Gasteiger partial charge in [0.1, 0.15) is 5.58 Å². The molecule has 0 amide bonds. The Morgan fingerprint density at radius 2 is 1.00 bits per heavy atom. The molecule has 0 fully saturated rings. The molecule has 170 valence electrons. The molecule has 1 nitrogen and oxygen atoms in total. The van der Waals surface area contributed by atoms with Gasteiger partial charge in [-0.15, -0.1) is 34.0 Å². The van der Waals surface area contributed by atoms with Gasteiger partial charge in [-0.25, -0.2) is 0 Å². The maximum atomic E-state index is 5.37. The second kappa shape index (κ2) is 14.4. The summed E-state index contributed by atoms with van der Waals surface area (Å²) >= 11 is 4.19. The fourth-order valence-corrected chi connectivity index (χ4v) is 6.07. The van der Waals surface area contributed by atoms with Crippen LogP contribution in [-0.2, 0) is 6.42 Å². The molecule has 0 saturated heterocycles. The molecule has 5 rings (SSSR count). The van der Waals surface area contributed by atoms with Crippen molar-refractivity contribution in [1.29, 1.82) is 0 Å². The molecule has 0 atom stereocenters. The number of thiol groups is 1. The van der Waals surface area contributed by atoms with Gasteiger partial charge < -0.3 is 4.42 Å². The third kappa shape index (κ3) is 7.32. The van der Waals surface area contributed by atoms with Crippen LogP contribution in [0.2, 0.25) is 0 Å². The minimum Gasteiger partial charge on any atom is -0.464 e. The molecule has 0 aliphatic carbocycles. The van der Waals surface area contributed by atoms with E-state index in [1.165, 1.54) is 26.9 Å². The summed E-state index contributed by atoms with van der Waals surface area (Å²) in [6.45, 7) is 0. The summed E-state index contributed by atoms with van der Waals surface area (Å²) in [6, 6.07) is 40.4. The lowest BCUT2D eigenvalue weighted by Gasteiger charge is -2.18. The molecule has 4 aromatic carbocycles. The van der Waals surface area contributed by atoms with Gasteiger partial charge in [-0.2, -0.15) is 12.6 Å². The number of fused-ring (bicyclic) bond motifs is 1. The predicted molar refractivity (Wildman–Crippen MR) is 160 cm³/mol. The van der Waals surface area contributed by atoms with E-state index in [4.69, 9.17) is 4.42 Å². The quantitative estimate of drug-likeness (QED) is 0.163. The number of halogens is 2. The zero-order valence-corrected chi connectivity index (χ0v) is 23.3. The summed E-state index contributed by atoms with van der Waals surface area (Å²) in [7, 11) is -0.446. The van der Waals surface area contributed by atoms with E-state index in [9.17, 15) is 0 Å². The molecular formula is C28H27Br2OPS. The first-order chi connectivity index (χ1) is 15.4. The Morgan fingerprint density at radius 3 is 1.45 bits per heavy atom. The molecule has 0 N–H and O–H groups in total. The summed E-state index contributed by atoms with van der Waals surface area (Å²) < 4.78 is 5.37. The molecule has 0 radical (unpaired) electrons. The number of aryl methyl sites for hydroxylation is 1. The van der Waals surface area contributed by atoms with Crippen molar-refractivity contribution in [3.63, 3.8) is 0 Å². The number of para-hydroxylation sites is 1. The standard InChI is InChI=1S/C18H15P.C10H10OS.2BrH/c1-4-10-16(11-5-1)19(17-12-6-2-7-13-17)18-14-8-3-9-15-18;12-6-5-8-7-11-10-4-2-1-3-9(8)10;;/h1-15H;1-4,7,12H,5-6H2;2*1H. The minimum absolute atomic E-state index is 0. The zero-order valence-electron chi connectivity index (χ0n) is 18.1. The average Bonchev–Trinajstić information content (AvgIpc) is 3.25. The van der Waals surface area contributed by atoms with Crippen LogP contribution in [0.4, 0.5) is 0 Å². The van der Waals surface area contributed by atoms with Gasteiger partial charge in [0, 0.05) is 5.39 Å². The van der Waals surface area contributed by atoms with Gasteiger partial charge in [0.15, 0.2) is 0 Å². The maximum Gasteiger partial charge on any atom is 0.134 e. The molecule has 33 heavy (non-hydrogen) atoms. The van der Waals surface area contributed by atoms with Crippen LogP contribution in [0.3, 0.4) is 0 Å². The Morgan fingerprint density at radius 1 is 0.576 bits per heavy atom. The summed E-state index contributed by atoms with van der Waals surface area (Å²) in [6.07, 6.45) is 2.79. The molecule has 1 heterocycles. The topological polar surface area (TPSA) is 13.1 Å². The summed E-state index contributed by atoms with van der Waals surface area (Å²) in [5.74, 6) is 0.865. The average molecular weight is 602 g/mol. The second-order valence-corrected chi connectivity index (χ2v) is 9.74. The van der Waals surface area contributed by atoms with Crippen LogP contribution in [0, 0.1) is 0 Å². The smallest absolute Gasteiger partial charge is 0.134 e. The van der Waals surface area contributed by atoms with Crippen LogP contribution >= 0.6 is 54.5 Å². The Hall–Kier alpha value is -1.84. The first-order valence-corrected chi connectivity index (χ1v) is 12.4. The molecule has 0 bridgehead atoms. The van der Waals surface area contributed by atoms with E-state index >= 15 is 0 Å². The SMILES string of the molecule is Br.Br.SCCc1coc2ccccc12.c1ccc(P(c2ccccc2)c2ccccc2)cc1. The monoisotopic (exact) mass is 600 g/mol. The van der Waals surface area contributed by atoms with Crippen molar-refractivity contribution < 1.29 is 4.42 Å². The van der Waals surface area contributed by atoms with E-state index in [1.807, 2.05) is 24.5 Å². The molecule has 0 spiro atoms. The van der Waals surface area contributed by atoms with Gasteiger partial charge in [0.05, 0.1) is 6.26 Å². The van der Waals surface area contributed by atoms with Crippen molar-refractivity contribution in [3.05, 3.63) is 127 Å². The lowest BCUT2D eigenvalue weighted by molar-refractivity contribution is 0.611. The van der Waals surface area contributed by atoms with Crippen molar-refractivity contribution in [2.24, 2.45) is 0 Å². The van der Waals surface area contributed by atoms with Crippen LogP contribution in [0.1, 0.15) is 5.56 Å². The van der Waals surface area contributed by atoms with Crippen molar-refractivity contribution in [3.8, 4) is 0 Å². The van der Waals surface area contributed by atoms with Crippen LogP contribution in [0.25, 0.3) is 11.0 Å². The lowest BCUT2D eigenvalue weighted by Crippen LogP contribution is -2.20. The van der Waals surface area contributed by atoms with E-state index in [1.54, 1.807) is 0 Å². The van der Waals surface area contributed by atoms with E-state index in [0.29, 0.717) is 0 Å². The molecule has 1 aromatic heterocycles. The third-order valence-electron chi connectivity index (χ3n) is 4.99. The van der Waals surface area contributed by atoms with Gasteiger partial charge in [-0.05, 0) is 47.6 Å². The van der Waals surface area contributed by atoms with Crippen molar-refractivity contribution in [1.82, 2.24) is 0 Å². The fraction of sp³-hybridized carbons (Fsp3) is 0.0714. The Labute approximate surface area is 223 Å². The van der Waals surface area contributed by atoms with Crippen LogP contribution in [-0.4, -0.2) is 5.75 Å². The Kier molecular flexibility index (Phi) is 12.0. The van der Waals surface area contributed by atoms with E-state index < -0.39 is 7.92 Å². The highest BCUT2D eigenvalue weighted by Gasteiger charge is 2.15. The molecular weight excluding hydrogens is 575 g/mol. The van der Waals surface area contributed by atoms with Gasteiger partial charge in [-0.1, -0.05) is 109 Å². The normalized spacial score (nSPS) is 10.0. The first kappa shape index (κ1) is 27.4. The van der Waals surface area contributed by atoms with Crippen molar-refractivity contribution >= 4 is 81.4 Å². The molecule has 0 unspecified atom stereocenters. The van der Waals surface area contributed by atoms with Gasteiger partial charge in [0.2, 0.25) is 0 Å². The van der Waals surface area contributed by atoms with Crippen LogP contribution in [0.15, 0.2) is 126 Å². The summed E-state index contributed by atoms with van der Waals surface area (Å²) in [5.41, 5.74) is 2.22. The van der Waals surface area contributed by atoms with E-state index in [-0.39, 0.29) is 34.0 Å². The molecule has 0 saturated carbocycles. The van der Waals surface area contributed by atoms with Gasteiger partial charge in [-0.3, -0.25) is 0 Å². The highest BCUT2D eigenvalue weighted by molar-refractivity contribution is 8.93. The van der Waals surface area contributed by atoms with Crippen molar-refractivity contribution in [2.45, 2.75) is 6.42 Å². The number of benzene rings is 4. The lowest BCUT2D eigenvalue weighted by atomic mass is 10.1. The molecule has 5 aromatic rings. The highest BCUT2D eigenvalue weighted by atomic mass is 79.9. The molecule has 0 aliphatic heterocycles. The van der Waals surface area contributed by atoms with Crippen LogP contribution < -0.4 is 15.9 Å². The van der Waals surface area contributed by atoms with E-state index in [0.717, 1.165) is 17.8 Å². The second-order valence-electron chi connectivity index (χ2n) is 7.07. The van der Waals surface area contributed by atoms with Crippen LogP contribution in [0.5, 0.6) is 0 Å².